The van der Waals surface area contributed by atoms with Crippen molar-refractivity contribution >= 4 is 37.8 Å². The Bertz CT molecular complexity index is 842. The van der Waals surface area contributed by atoms with E-state index in [2.05, 4.69) is 31.9 Å². The van der Waals surface area contributed by atoms with Gasteiger partial charge in [-0.05, 0) is 48.8 Å². The second kappa shape index (κ2) is 7.65. The minimum absolute atomic E-state index is 0.0656. The van der Waals surface area contributed by atoms with E-state index < -0.39 is 0 Å². The van der Waals surface area contributed by atoms with Crippen LogP contribution in [-0.4, -0.2) is 5.97 Å². The molecule has 2 aromatic rings. The number of carbonyl (C=O) groups is 1. The zero-order valence-corrected chi connectivity index (χ0v) is 17.7. The summed E-state index contributed by atoms with van der Waals surface area (Å²) in [6.45, 7) is 3.99. The Labute approximate surface area is 169 Å². The van der Waals surface area contributed by atoms with Crippen LogP contribution in [0, 0.1) is 23.1 Å². The van der Waals surface area contributed by atoms with E-state index in [9.17, 15) is 9.18 Å². The molecule has 2 nitrogen and oxygen atoms in total. The van der Waals surface area contributed by atoms with Gasteiger partial charge in [0.25, 0.3) is 0 Å². The Kier molecular flexibility index (Phi) is 5.68. The molecule has 0 aromatic heterocycles. The van der Waals surface area contributed by atoms with Crippen LogP contribution in [0.15, 0.2) is 58.0 Å². The maximum Gasteiger partial charge on any atom is 0.310 e. The zero-order valence-electron chi connectivity index (χ0n) is 14.5. The summed E-state index contributed by atoms with van der Waals surface area (Å²) in [5, 5.41) is 0. The van der Waals surface area contributed by atoms with E-state index in [1.165, 1.54) is 0 Å². The largest absolute Gasteiger partial charge is 0.460 e. The van der Waals surface area contributed by atoms with Crippen molar-refractivity contribution in [1.82, 2.24) is 0 Å². The molecule has 0 heterocycles. The van der Waals surface area contributed by atoms with Crippen LogP contribution in [0.25, 0.3) is 11.1 Å². The molecule has 3 rings (SSSR count). The third kappa shape index (κ3) is 3.94. The first kappa shape index (κ1) is 19.3. The number of esters is 1. The fraction of sp³-hybridized carbons (Fsp3) is 0.286. The summed E-state index contributed by atoms with van der Waals surface area (Å²) < 4.78 is 21.1. The van der Waals surface area contributed by atoms with Crippen molar-refractivity contribution in [2.75, 3.05) is 0 Å². The highest BCUT2D eigenvalue weighted by Crippen LogP contribution is 2.60. The average molecular weight is 482 g/mol. The standard InChI is InChI=1S/C21H19Br2FO2/c1-21(2)16(11-17(22)23)18(21)20(25)26-12-14-9-6-10-15(19(14)24)13-7-4-3-5-8-13/h3-11,16,18H,12H2,1-2H3. The highest BCUT2D eigenvalue weighted by atomic mass is 79.9. The van der Waals surface area contributed by atoms with Gasteiger partial charge in [-0.3, -0.25) is 4.79 Å². The molecular weight excluding hydrogens is 463 g/mol. The van der Waals surface area contributed by atoms with Crippen molar-refractivity contribution in [3.8, 4) is 11.1 Å². The lowest BCUT2D eigenvalue weighted by atomic mass is 10.0. The van der Waals surface area contributed by atoms with Crippen molar-refractivity contribution in [3.63, 3.8) is 0 Å². The first-order chi connectivity index (χ1) is 12.3. The van der Waals surface area contributed by atoms with Gasteiger partial charge in [-0.2, -0.15) is 0 Å². The van der Waals surface area contributed by atoms with Gasteiger partial charge in [0, 0.05) is 11.1 Å². The van der Waals surface area contributed by atoms with Crippen LogP contribution in [0.2, 0.25) is 0 Å². The van der Waals surface area contributed by atoms with Crippen LogP contribution in [0.5, 0.6) is 0 Å². The van der Waals surface area contributed by atoms with Gasteiger partial charge < -0.3 is 4.74 Å². The topological polar surface area (TPSA) is 26.3 Å². The summed E-state index contributed by atoms with van der Waals surface area (Å²) >= 11 is 6.67. The molecule has 0 spiro atoms. The minimum Gasteiger partial charge on any atom is -0.460 e. The molecule has 2 aromatic carbocycles. The molecule has 2 atom stereocenters. The van der Waals surface area contributed by atoms with E-state index in [1.54, 1.807) is 18.2 Å². The molecule has 1 fully saturated rings. The van der Waals surface area contributed by atoms with Gasteiger partial charge in [-0.15, -0.1) is 0 Å². The number of halogens is 3. The van der Waals surface area contributed by atoms with E-state index in [-0.39, 0.29) is 35.6 Å². The molecule has 2 unspecified atom stereocenters. The van der Waals surface area contributed by atoms with Crippen LogP contribution in [0.4, 0.5) is 4.39 Å². The summed E-state index contributed by atoms with van der Waals surface area (Å²) in [6.07, 6.45) is 1.96. The van der Waals surface area contributed by atoms with Crippen LogP contribution in [0.3, 0.4) is 0 Å². The molecule has 0 amide bonds. The summed E-state index contributed by atoms with van der Waals surface area (Å²) in [7, 11) is 0. The van der Waals surface area contributed by atoms with Crippen LogP contribution in [-0.2, 0) is 16.1 Å². The van der Waals surface area contributed by atoms with Gasteiger partial charge in [0.2, 0.25) is 0 Å². The third-order valence-electron chi connectivity index (χ3n) is 5.00. The van der Waals surface area contributed by atoms with E-state index in [4.69, 9.17) is 4.74 Å². The van der Waals surface area contributed by atoms with Crippen LogP contribution < -0.4 is 0 Å². The number of ether oxygens (including phenoxy) is 1. The molecule has 0 aliphatic heterocycles. The SMILES string of the molecule is CC1(C)C(C=C(Br)Br)C1C(=O)OCc1cccc(-c2ccccc2)c1F. The van der Waals surface area contributed by atoms with E-state index in [1.807, 2.05) is 50.3 Å². The molecule has 26 heavy (non-hydrogen) atoms. The zero-order chi connectivity index (χ0) is 18.9. The molecule has 1 aliphatic carbocycles. The van der Waals surface area contributed by atoms with Gasteiger partial charge in [0.1, 0.15) is 12.4 Å². The van der Waals surface area contributed by atoms with Gasteiger partial charge in [-0.25, -0.2) is 4.39 Å². The molecule has 1 saturated carbocycles. The summed E-state index contributed by atoms with van der Waals surface area (Å²) in [6, 6.07) is 14.5. The molecule has 1 aliphatic rings. The Balaban J connectivity index is 1.71. The highest BCUT2D eigenvalue weighted by Gasteiger charge is 2.61. The van der Waals surface area contributed by atoms with Crippen molar-refractivity contribution in [2.45, 2.75) is 20.5 Å². The first-order valence-corrected chi connectivity index (χ1v) is 9.93. The fourth-order valence-electron chi connectivity index (χ4n) is 3.35. The van der Waals surface area contributed by atoms with Crippen LogP contribution in [0.1, 0.15) is 19.4 Å². The number of carbonyl (C=O) groups excluding carboxylic acids is 1. The molecule has 0 N–H and O–H groups in total. The lowest BCUT2D eigenvalue weighted by molar-refractivity contribution is -0.147. The number of rotatable bonds is 5. The Morgan fingerprint density at radius 2 is 1.85 bits per heavy atom. The van der Waals surface area contributed by atoms with E-state index >= 15 is 0 Å². The summed E-state index contributed by atoms with van der Waals surface area (Å²) in [5.74, 6) is -0.750. The first-order valence-electron chi connectivity index (χ1n) is 8.34. The van der Waals surface area contributed by atoms with Crippen molar-refractivity contribution in [1.29, 1.82) is 0 Å². The lowest BCUT2D eigenvalue weighted by Gasteiger charge is -2.10. The van der Waals surface area contributed by atoms with Gasteiger partial charge in [-0.1, -0.05) is 68.5 Å². The van der Waals surface area contributed by atoms with Gasteiger partial charge >= 0.3 is 5.97 Å². The van der Waals surface area contributed by atoms with Crippen molar-refractivity contribution < 1.29 is 13.9 Å². The number of benzene rings is 2. The van der Waals surface area contributed by atoms with E-state index in [0.29, 0.717) is 11.1 Å². The smallest absolute Gasteiger partial charge is 0.310 e. The van der Waals surface area contributed by atoms with Crippen LogP contribution >= 0.6 is 31.9 Å². The predicted octanol–water partition coefficient (Wildman–Crippen LogP) is 6.44. The Hall–Kier alpha value is -1.46. The number of hydrogen-bond donors (Lipinski definition) is 0. The normalized spacial score (nSPS) is 20.3. The second-order valence-corrected chi connectivity index (χ2v) is 9.81. The third-order valence-corrected chi connectivity index (χ3v) is 5.53. The summed E-state index contributed by atoms with van der Waals surface area (Å²) in [5.41, 5.74) is 1.53. The number of hydrogen-bond acceptors (Lipinski definition) is 2. The monoisotopic (exact) mass is 480 g/mol. The van der Waals surface area contributed by atoms with E-state index in [0.717, 1.165) is 8.96 Å². The average Bonchev–Trinajstić information content (AvgIpc) is 3.14. The lowest BCUT2D eigenvalue weighted by Crippen LogP contribution is -2.11. The molecule has 0 bridgehead atoms. The predicted molar refractivity (Wildman–Crippen MR) is 108 cm³/mol. The molecule has 0 saturated heterocycles. The maximum absolute atomic E-state index is 14.8. The van der Waals surface area contributed by atoms with Crippen molar-refractivity contribution in [3.05, 3.63) is 69.4 Å². The fourth-order valence-corrected chi connectivity index (χ4v) is 3.91. The van der Waals surface area contributed by atoms with Gasteiger partial charge in [0.15, 0.2) is 0 Å². The van der Waals surface area contributed by atoms with Crippen molar-refractivity contribution in [2.24, 2.45) is 17.3 Å². The summed E-state index contributed by atoms with van der Waals surface area (Å²) in [4.78, 5) is 12.4. The quantitative estimate of drug-likeness (QED) is 0.459. The number of allylic oxidation sites excluding steroid dienone is 1. The minimum atomic E-state index is -0.346. The highest BCUT2D eigenvalue weighted by molar-refractivity contribution is 9.28. The molecule has 0 radical (unpaired) electrons. The molecule has 136 valence electrons. The maximum atomic E-state index is 14.8. The Morgan fingerprint density at radius 1 is 1.15 bits per heavy atom. The second-order valence-electron chi connectivity index (χ2n) is 7.03. The Morgan fingerprint density at radius 3 is 2.50 bits per heavy atom. The van der Waals surface area contributed by atoms with Gasteiger partial charge in [0.05, 0.1) is 9.31 Å². The molecule has 5 heteroatoms. The molecular formula is C21H19Br2FO2.